The Balaban J connectivity index is 1.62. The molecule has 27 heavy (non-hydrogen) atoms. The number of aromatic nitrogens is 2. The van der Waals surface area contributed by atoms with Crippen molar-refractivity contribution in [2.45, 2.75) is 12.1 Å². The van der Waals surface area contributed by atoms with Gasteiger partial charge < -0.3 is 5.32 Å². The van der Waals surface area contributed by atoms with Crippen molar-refractivity contribution < 1.29 is 9.59 Å². The second kappa shape index (κ2) is 8.92. The normalized spacial score (nSPS) is 10.4. The first-order valence-electron chi connectivity index (χ1n) is 8.14. The molecule has 2 aromatic carbocycles. The number of hydrogen-bond donors (Lipinski definition) is 1. The van der Waals surface area contributed by atoms with Gasteiger partial charge in [-0.05, 0) is 49.4 Å². The Bertz CT molecular complexity index is 960. The second-order valence-electron chi connectivity index (χ2n) is 5.70. The maximum Gasteiger partial charge on any atom is 0.189 e. The lowest BCUT2D eigenvalue weighted by molar-refractivity contribution is 0.101. The van der Waals surface area contributed by atoms with Gasteiger partial charge in [-0.1, -0.05) is 39.8 Å². The van der Waals surface area contributed by atoms with Gasteiger partial charge in [0.1, 0.15) is 5.82 Å². The minimum absolute atomic E-state index is 0.0225. The molecular weight excluding hydrogens is 426 g/mol. The number of benzene rings is 2. The average Bonchev–Trinajstić information content (AvgIpc) is 2.67. The maximum absolute atomic E-state index is 12.3. The molecule has 7 heteroatoms. The predicted octanol–water partition coefficient (Wildman–Crippen LogP) is 5.16. The van der Waals surface area contributed by atoms with Crippen LogP contribution in [0, 0.1) is 0 Å². The Morgan fingerprint density at radius 3 is 2.33 bits per heavy atom. The van der Waals surface area contributed by atoms with Gasteiger partial charge in [0.15, 0.2) is 16.7 Å². The van der Waals surface area contributed by atoms with Crippen LogP contribution in [0.25, 0.3) is 0 Å². The van der Waals surface area contributed by atoms with Gasteiger partial charge in [0.05, 0.1) is 5.75 Å². The van der Waals surface area contributed by atoms with E-state index >= 15 is 0 Å². The number of nitrogens with zero attached hydrogens (tertiary/aromatic N) is 2. The first kappa shape index (κ1) is 19.3. The Labute approximate surface area is 169 Å². The van der Waals surface area contributed by atoms with Crippen molar-refractivity contribution in [1.82, 2.24) is 9.97 Å². The quantitative estimate of drug-likeness (QED) is 0.310. The highest BCUT2D eigenvalue weighted by Gasteiger charge is 2.09. The highest BCUT2D eigenvalue weighted by molar-refractivity contribution is 9.10. The summed E-state index contributed by atoms with van der Waals surface area (Å²) in [5.74, 6) is 0.935. The molecule has 0 fully saturated rings. The first-order chi connectivity index (χ1) is 13.0. The number of halogens is 1. The zero-order valence-corrected chi connectivity index (χ0v) is 16.9. The van der Waals surface area contributed by atoms with Crippen molar-refractivity contribution >= 4 is 50.8 Å². The molecule has 0 aliphatic carbocycles. The van der Waals surface area contributed by atoms with Crippen molar-refractivity contribution in [2.75, 3.05) is 11.1 Å². The Morgan fingerprint density at radius 1 is 1.00 bits per heavy atom. The van der Waals surface area contributed by atoms with E-state index in [1.165, 1.54) is 18.7 Å². The zero-order valence-electron chi connectivity index (χ0n) is 14.5. The van der Waals surface area contributed by atoms with Crippen LogP contribution in [0.3, 0.4) is 0 Å². The lowest BCUT2D eigenvalue weighted by atomic mass is 10.1. The lowest BCUT2D eigenvalue weighted by Crippen LogP contribution is -2.03. The van der Waals surface area contributed by atoms with Crippen molar-refractivity contribution in [1.29, 1.82) is 0 Å². The summed E-state index contributed by atoms with van der Waals surface area (Å²) in [7, 11) is 0. The maximum atomic E-state index is 12.3. The molecule has 0 bridgehead atoms. The van der Waals surface area contributed by atoms with Crippen LogP contribution in [-0.2, 0) is 0 Å². The van der Waals surface area contributed by atoms with Crippen molar-refractivity contribution in [3.8, 4) is 0 Å². The summed E-state index contributed by atoms with van der Waals surface area (Å²) >= 11 is 4.65. The van der Waals surface area contributed by atoms with Crippen LogP contribution in [0.4, 0.5) is 11.5 Å². The van der Waals surface area contributed by atoms with Crippen LogP contribution in [0.1, 0.15) is 27.6 Å². The topological polar surface area (TPSA) is 72.0 Å². The smallest absolute Gasteiger partial charge is 0.189 e. The second-order valence-corrected chi connectivity index (χ2v) is 7.56. The van der Waals surface area contributed by atoms with Gasteiger partial charge in [-0.2, -0.15) is 0 Å². The first-order valence-corrected chi connectivity index (χ1v) is 9.92. The molecule has 1 N–H and O–H groups in total. The molecule has 0 atom stereocenters. The molecule has 1 heterocycles. The monoisotopic (exact) mass is 441 g/mol. The summed E-state index contributed by atoms with van der Waals surface area (Å²) in [4.78, 5) is 32.2. The molecule has 0 amide bonds. The summed E-state index contributed by atoms with van der Waals surface area (Å²) in [5, 5.41) is 3.69. The van der Waals surface area contributed by atoms with Crippen molar-refractivity contribution in [3.63, 3.8) is 0 Å². The van der Waals surface area contributed by atoms with Crippen LogP contribution < -0.4 is 5.32 Å². The van der Waals surface area contributed by atoms with Gasteiger partial charge in [-0.25, -0.2) is 9.97 Å². The Kier molecular flexibility index (Phi) is 6.36. The molecule has 0 aliphatic heterocycles. The molecule has 1 aromatic heterocycles. The number of Topliss-reactive ketones (excluding diaryl/α,β-unsaturated/α-hetero) is 2. The van der Waals surface area contributed by atoms with Gasteiger partial charge in [-0.3, -0.25) is 9.59 Å². The molecule has 0 saturated heterocycles. The van der Waals surface area contributed by atoms with Crippen LogP contribution in [-0.4, -0.2) is 27.3 Å². The van der Waals surface area contributed by atoms with Gasteiger partial charge in [0, 0.05) is 27.5 Å². The van der Waals surface area contributed by atoms with E-state index in [0.717, 1.165) is 10.2 Å². The molecule has 0 unspecified atom stereocenters. The zero-order chi connectivity index (χ0) is 19.2. The van der Waals surface area contributed by atoms with Crippen molar-refractivity contribution in [2.24, 2.45) is 0 Å². The summed E-state index contributed by atoms with van der Waals surface area (Å²) in [6, 6.07) is 16.2. The minimum Gasteiger partial charge on any atom is -0.340 e. The number of thioether (sulfide) groups is 1. The number of ketones is 2. The predicted molar refractivity (Wildman–Crippen MR) is 111 cm³/mol. The van der Waals surface area contributed by atoms with E-state index in [1.807, 2.05) is 24.3 Å². The van der Waals surface area contributed by atoms with E-state index in [4.69, 9.17) is 0 Å². The van der Waals surface area contributed by atoms with E-state index in [9.17, 15) is 9.59 Å². The summed E-state index contributed by atoms with van der Waals surface area (Å²) in [5.41, 5.74) is 2.14. The van der Waals surface area contributed by atoms with E-state index in [-0.39, 0.29) is 17.3 Å². The standard InChI is InChI=1S/C20H16BrN3O2S/c1-13(25)14-4-8-17(9-5-14)23-19-10-11-22-20(24-19)27-12-18(26)15-2-6-16(21)7-3-15/h2-11H,12H2,1H3,(H,22,23,24). The molecular formula is C20H16BrN3O2S. The molecule has 3 aromatic rings. The number of carbonyl (C=O) groups excluding carboxylic acids is 2. The largest absolute Gasteiger partial charge is 0.340 e. The molecule has 136 valence electrons. The lowest BCUT2D eigenvalue weighted by Gasteiger charge is -2.07. The van der Waals surface area contributed by atoms with Gasteiger partial charge in [-0.15, -0.1) is 0 Å². The Hall–Kier alpha value is -2.51. The molecule has 0 radical (unpaired) electrons. The molecule has 0 spiro atoms. The summed E-state index contributed by atoms with van der Waals surface area (Å²) < 4.78 is 0.935. The highest BCUT2D eigenvalue weighted by Crippen LogP contribution is 2.20. The molecule has 3 rings (SSSR count). The van der Waals surface area contributed by atoms with Crippen LogP contribution >= 0.6 is 27.7 Å². The van der Waals surface area contributed by atoms with Crippen molar-refractivity contribution in [3.05, 3.63) is 76.4 Å². The van der Waals surface area contributed by atoms with Crippen LogP contribution in [0.2, 0.25) is 0 Å². The van der Waals surface area contributed by atoms with E-state index in [1.54, 1.807) is 36.5 Å². The fourth-order valence-electron chi connectivity index (χ4n) is 2.27. The number of rotatable bonds is 7. The number of nitrogens with one attached hydrogen (secondary N) is 1. The number of anilines is 2. The number of hydrogen-bond acceptors (Lipinski definition) is 6. The van der Waals surface area contributed by atoms with E-state index in [0.29, 0.717) is 22.1 Å². The average molecular weight is 442 g/mol. The van der Waals surface area contributed by atoms with Crippen LogP contribution in [0.15, 0.2) is 70.4 Å². The molecule has 0 aliphatic rings. The van der Waals surface area contributed by atoms with E-state index < -0.39 is 0 Å². The fraction of sp³-hybridized carbons (Fsp3) is 0.100. The van der Waals surface area contributed by atoms with Crippen LogP contribution in [0.5, 0.6) is 0 Å². The third-order valence-electron chi connectivity index (χ3n) is 3.70. The van der Waals surface area contributed by atoms with Gasteiger partial charge in [0.25, 0.3) is 0 Å². The third-order valence-corrected chi connectivity index (χ3v) is 5.09. The highest BCUT2D eigenvalue weighted by atomic mass is 79.9. The van der Waals surface area contributed by atoms with Gasteiger partial charge in [0.2, 0.25) is 0 Å². The number of carbonyl (C=O) groups is 2. The minimum atomic E-state index is 0.0225. The Morgan fingerprint density at radius 2 is 1.67 bits per heavy atom. The van der Waals surface area contributed by atoms with Gasteiger partial charge >= 0.3 is 0 Å². The molecule has 0 saturated carbocycles. The molecule has 5 nitrogen and oxygen atoms in total. The summed E-state index contributed by atoms with van der Waals surface area (Å²) in [6.07, 6.45) is 1.64. The van der Waals surface area contributed by atoms with E-state index in [2.05, 4.69) is 31.2 Å². The summed E-state index contributed by atoms with van der Waals surface area (Å²) in [6.45, 7) is 1.53. The SMILES string of the molecule is CC(=O)c1ccc(Nc2ccnc(SCC(=O)c3ccc(Br)cc3)n2)cc1. The fourth-order valence-corrected chi connectivity index (χ4v) is 3.25. The third kappa shape index (κ3) is 5.48.